The predicted molar refractivity (Wildman–Crippen MR) is 48.5 cm³/mol. The number of terminal acetylenes is 1. The second-order valence-corrected chi connectivity index (χ2v) is 3.43. The zero-order valence-corrected chi connectivity index (χ0v) is 7.28. The average molecular weight is 144 g/mol. The summed E-state index contributed by atoms with van der Waals surface area (Å²) in [5.41, 5.74) is 0.255. The van der Waals surface area contributed by atoms with Gasteiger partial charge >= 0.3 is 0 Å². The van der Waals surface area contributed by atoms with Crippen molar-refractivity contribution in [2.45, 2.75) is 27.2 Å². The van der Waals surface area contributed by atoms with E-state index in [-0.39, 0.29) is 5.41 Å². The monoisotopic (exact) mass is 144 g/mol. The fourth-order valence-corrected chi connectivity index (χ4v) is 0.421. The highest BCUT2D eigenvalue weighted by molar-refractivity contribution is 5.33. The van der Waals surface area contributed by atoms with Crippen LogP contribution in [0, 0.1) is 41.4 Å². The minimum Gasteiger partial charge on any atom is -0.106 e. The first kappa shape index (κ1) is 9.68. The van der Waals surface area contributed by atoms with Gasteiger partial charge in [-0.15, -0.1) is 6.42 Å². The van der Waals surface area contributed by atoms with Crippen LogP contribution in [0.5, 0.6) is 0 Å². The topological polar surface area (TPSA) is 0 Å². The molecule has 0 heteroatoms. The Balaban J connectivity index is 3.86. The van der Waals surface area contributed by atoms with E-state index in [0.717, 1.165) is 6.42 Å². The zero-order chi connectivity index (χ0) is 8.74. The van der Waals surface area contributed by atoms with Crippen LogP contribution in [-0.4, -0.2) is 0 Å². The van der Waals surface area contributed by atoms with E-state index in [1.165, 1.54) is 0 Å². The quantitative estimate of drug-likeness (QED) is 0.456. The zero-order valence-electron chi connectivity index (χ0n) is 7.28. The molecule has 0 aliphatic heterocycles. The summed E-state index contributed by atoms with van der Waals surface area (Å²) in [6.07, 6.45) is 5.76. The van der Waals surface area contributed by atoms with Gasteiger partial charge in [0.15, 0.2) is 0 Å². The number of rotatable bonds is 0. The van der Waals surface area contributed by atoms with Gasteiger partial charge in [0.1, 0.15) is 0 Å². The fourth-order valence-electron chi connectivity index (χ4n) is 0.421. The molecule has 0 aliphatic rings. The SMILES string of the molecule is C#CC#CC#CCC(C)(C)C. The maximum atomic E-state index is 4.91. The summed E-state index contributed by atoms with van der Waals surface area (Å²) in [7, 11) is 0. The molecule has 0 aliphatic carbocycles. The molecular weight excluding hydrogens is 132 g/mol. The molecule has 0 radical (unpaired) electrons. The molecule has 0 atom stereocenters. The minimum atomic E-state index is 0.255. The van der Waals surface area contributed by atoms with Gasteiger partial charge in [0.05, 0.1) is 0 Å². The Morgan fingerprint density at radius 1 is 1.09 bits per heavy atom. The molecule has 0 aromatic heterocycles. The molecule has 0 saturated heterocycles. The molecule has 0 amide bonds. The first-order valence-electron chi connectivity index (χ1n) is 3.50. The third-order valence-electron chi connectivity index (χ3n) is 0.904. The van der Waals surface area contributed by atoms with Gasteiger partial charge in [0.25, 0.3) is 0 Å². The van der Waals surface area contributed by atoms with Crippen LogP contribution < -0.4 is 0 Å². The van der Waals surface area contributed by atoms with Crippen molar-refractivity contribution >= 4 is 0 Å². The Morgan fingerprint density at radius 3 is 2.18 bits per heavy atom. The summed E-state index contributed by atoms with van der Waals surface area (Å²) in [4.78, 5) is 0. The predicted octanol–water partition coefficient (Wildman–Crippen LogP) is 2.06. The van der Waals surface area contributed by atoms with Crippen molar-refractivity contribution in [3.8, 4) is 36.0 Å². The lowest BCUT2D eigenvalue weighted by Crippen LogP contribution is -2.01. The number of hydrogen-bond donors (Lipinski definition) is 0. The second-order valence-electron chi connectivity index (χ2n) is 3.43. The Labute approximate surface area is 69.4 Å². The highest BCUT2D eigenvalue weighted by Gasteiger charge is 2.06. The standard InChI is InChI=1S/C11H12/c1-5-6-7-8-9-10-11(2,3)4/h1H,10H2,2-4H3. The van der Waals surface area contributed by atoms with E-state index < -0.39 is 0 Å². The Morgan fingerprint density at radius 2 is 1.73 bits per heavy atom. The van der Waals surface area contributed by atoms with Crippen LogP contribution in [0.2, 0.25) is 0 Å². The van der Waals surface area contributed by atoms with Crippen LogP contribution in [0.3, 0.4) is 0 Å². The van der Waals surface area contributed by atoms with Gasteiger partial charge in [0.2, 0.25) is 0 Å². The van der Waals surface area contributed by atoms with Gasteiger partial charge in [-0.05, 0) is 29.1 Å². The molecule has 0 saturated carbocycles. The molecule has 0 unspecified atom stereocenters. The third-order valence-corrected chi connectivity index (χ3v) is 0.904. The van der Waals surface area contributed by atoms with E-state index >= 15 is 0 Å². The van der Waals surface area contributed by atoms with E-state index in [2.05, 4.69) is 50.4 Å². The lowest BCUT2D eigenvalue weighted by atomic mass is 9.93. The van der Waals surface area contributed by atoms with E-state index in [1.54, 1.807) is 0 Å². The largest absolute Gasteiger partial charge is 0.106 e. The summed E-state index contributed by atoms with van der Waals surface area (Å²) in [6.45, 7) is 6.41. The second kappa shape index (κ2) is 4.49. The van der Waals surface area contributed by atoms with Gasteiger partial charge in [0, 0.05) is 6.42 Å². The van der Waals surface area contributed by atoms with Crippen LogP contribution in [0.25, 0.3) is 0 Å². The van der Waals surface area contributed by atoms with Gasteiger partial charge in [-0.3, -0.25) is 0 Å². The summed E-state index contributed by atoms with van der Waals surface area (Å²) in [6, 6.07) is 0. The van der Waals surface area contributed by atoms with Crippen LogP contribution in [-0.2, 0) is 0 Å². The number of hydrogen-bond acceptors (Lipinski definition) is 0. The van der Waals surface area contributed by atoms with Crippen molar-refractivity contribution in [2.24, 2.45) is 5.41 Å². The van der Waals surface area contributed by atoms with Crippen molar-refractivity contribution in [2.75, 3.05) is 0 Å². The maximum absolute atomic E-state index is 4.91. The van der Waals surface area contributed by atoms with Crippen molar-refractivity contribution in [3.63, 3.8) is 0 Å². The van der Waals surface area contributed by atoms with E-state index in [1.807, 2.05) is 0 Å². The molecule has 0 N–H and O–H groups in total. The van der Waals surface area contributed by atoms with Crippen LogP contribution in [0.4, 0.5) is 0 Å². The van der Waals surface area contributed by atoms with Crippen LogP contribution >= 0.6 is 0 Å². The highest BCUT2D eigenvalue weighted by atomic mass is 14.1. The Bertz CT molecular complexity index is 260. The van der Waals surface area contributed by atoms with Gasteiger partial charge in [-0.1, -0.05) is 26.7 Å². The normalized spacial score (nSPS) is 8.18. The molecule has 0 spiro atoms. The summed E-state index contributed by atoms with van der Waals surface area (Å²) in [5.74, 6) is 12.8. The summed E-state index contributed by atoms with van der Waals surface area (Å²) >= 11 is 0. The first-order valence-corrected chi connectivity index (χ1v) is 3.50. The Kier molecular flexibility index (Phi) is 3.95. The van der Waals surface area contributed by atoms with Gasteiger partial charge < -0.3 is 0 Å². The van der Waals surface area contributed by atoms with Crippen molar-refractivity contribution < 1.29 is 0 Å². The molecule has 0 aromatic rings. The van der Waals surface area contributed by atoms with Crippen LogP contribution in [0.15, 0.2) is 0 Å². The minimum absolute atomic E-state index is 0.255. The fraction of sp³-hybridized carbons (Fsp3) is 0.455. The third kappa shape index (κ3) is 8.68. The summed E-state index contributed by atoms with van der Waals surface area (Å²) in [5, 5.41) is 0. The molecule has 0 aromatic carbocycles. The van der Waals surface area contributed by atoms with E-state index in [4.69, 9.17) is 6.42 Å². The molecule has 0 rings (SSSR count). The maximum Gasteiger partial charge on any atom is 0.0148 e. The van der Waals surface area contributed by atoms with Gasteiger partial charge in [-0.2, -0.15) is 0 Å². The van der Waals surface area contributed by atoms with Crippen molar-refractivity contribution in [1.29, 1.82) is 0 Å². The average Bonchev–Trinajstić information content (AvgIpc) is 1.85. The summed E-state index contributed by atoms with van der Waals surface area (Å²) < 4.78 is 0. The smallest absolute Gasteiger partial charge is 0.0148 e. The molecule has 0 bridgehead atoms. The lowest BCUT2D eigenvalue weighted by molar-refractivity contribution is 0.428. The molecule has 56 valence electrons. The lowest BCUT2D eigenvalue weighted by Gasteiger charge is -2.12. The van der Waals surface area contributed by atoms with Crippen molar-refractivity contribution in [3.05, 3.63) is 0 Å². The molecule has 0 fully saturated rings. The first-order chi connectivity index (χ1) is 5.06. The van der Waals surface area contributed by atoms with E-state index in [0.29, 0.717) is 0 Å². The highest BCUT2D eigenvalue weighted by Crippen LogP contribution is 2.16. The molecule has 11 heavy (non-hydrogen) atoms. The molecule has 0 heterocycles. The van der Waals surface area contributed by atoms with Gasteiger partial charge in [-0.25, -0.2) is 0 Å². The Hall–Kier alpha value is -1.32. The van der Waals surface area contributed by atoms with Crippen LogP contribution in [0.1, 0.15) is 27.2 Å². The molecule has 0 nitrogen and oxygen atoms in total. The molecular formula is C11H12. The van der Waals surface area contributed by atoms with E-state index in [9.17, 15) is 0 Å². The van der Waals surface area contributed by atoms with Crippen molar-refractivity contribution in [1.82, 2.24) is 0 Å².